The van der Waals surface area contributed by atoms with Crippen molar-refractivity contribution in [1.82, 2.24) is 0 Å². The molecule has 0 saturated carbocycles. The number of anilines is 2. The highest BCUT2D eigenvalue weighted by Gasteiger charge is 2.42. The average molecular weight is 469 g/mol. The van der Waals surface area contributed by atoms with Gasteiger partial charge in [-0.25, -0.2) is 0 Å². The molecule has 0 bridgehead atoms. The molecule has 2 aliphatic rings. The van der Waals surface area contributed by atoms with Crippen molar-refractivity contribution in [3.8, 4) is 0 Å². The molecule has 2 aromatic carbocycles. The summed E-state index contributed by atoms with van der Waals surface area (Å²) < 4.78 is 0. The quantitative estimate of drug-likeness (QED) is 0.376. The van der Waals surface area contributed by atoms with E-state index in [1.807, 2.05) is 0 Å². The van der Waals surface area contributed by atoms with E-state index in [1.165, 1.54) is 39.3 Å². The summed E-state index contributed by atoms with van der Waals surface area (Å²) >= 11 is 0. The van der Waals surface area contributed by atoms with Crippen LogP contribution >= 0.6 is 0 Å². The lowest BCUT2D eigenvalue weighted by Crippen LogP contribution is -2.40. The second kappa shape index (κ2) is 9.72. The van der Waals surface area contributed by atoms with Gasteiger partial charge in [-0.15, -0.1) is 0 Å². The molecule has 0 fully saturated rings. The highest BCUT2D eigenvalue weighted by Crippen LogP contribution is 2.48. The second-order valence-corrected chi connectivity index (χ2v) is 11.5. The lowest BCUT2D eigenvalue weighted by molar-refractivity contribution is 0.474. The van der Waals surface area contributed by atoms with E-state index in [2.05, 4.69) is 132 Å². The maximum Gasteiger partial charge on any atom is 0.0568 e. The van der Waals surface area contributed by atoms with E-state index in [0.717, 1.165) is 25.9 Å². The van der Waals surface area contributed by atoms with Crippen LogP contribution in [0, 0.1) is 13.8 Å². The fourth-order valence-corrected chi connectivity index (χ4v) is 6.09. The average Bonchev–Trinajstić information content (AvgIpc) is 3.13. The van der Waals surface area contributed by atoms with Crippen molar-refractivity contribution in [3.63, 3.8) is 0 Å². The molecule has 0 saturated heterocycles. The zero-order valence-electron chi connectivity index (χ0n) is 23.2. The summed E-state index contributed by atoms with van der Waals surface area (Å²) in [6.45, 7) is 20.6. The third-order valence-corrected chi connectivity index (χ3v) is 7.96. The highest BCUT2D eigenvalue weighted by molar-refractivity contribution is 5.71. The van der Waals surface area contributed by atoms with Gasteiger partial charge in [-0.2, -0.15) is 0 Å². The van der Waals surface area contributed by atoms with Crippen LogP contribution in [0.1, 0.15) is 76.6 Å². The molecule has 2 heterocycles. The third-order valence-electron chi connectivity index (χ3n) is 7.96. The number of rotatable bonds is 7. The van der Waals surface area contributed by atoms with Crippen molar-refractivity contribution in [2.75, 3.05) is 22.9 Å². The number of hydrogen-bond acceptors (Lipinski definition) is 2. The lowest BCUT2D eigenvalue weighted by Gasteiger charge is -2.32. The van der Waals surface area contributed by atoms with Crippen molar-refractivity contribution in [2.45, 2.75) is 85.1 Å². The van der Waals surface area contributed by atoms with Crippen LogP contribution in [-0.4, -0.2) is 19.1 Å². The molecule has 0 aliphatic carbocycles. The Bertz CT molecular complexity index is 1160. The normalized spacial score (nSPS) is 21.5. The molecular weight excluding hydrogens is 424 g/mol. The minimum absolute atomic E-state index is 0.00938. The fourth-order valence-electron chi connectivity index (χ4n) is 6.09. The van der Waals surface area contributed by atoms with Gasteiger partial charge >= 0.3 is 0 Å². The zero-order valence-corrected chi connectivity index (χ0v) is 23.2. The first kappa shape index (κ1) is 25.4. The summed E-state index contributed by atoms with van der Waals surface area (Å²) in [4.78, 5) is 5.12. The van der Waals surface area contributed by atoms with E-state index < -0.39 is 0 Å². The van der Waals surface area contributed by atoms with E-state index in [9.17, 15) is 0 Å². The second-order valence-electron chi connectivity index (χ2n) is 11.5. The van der Waals surface area contributed by atoms with Gasteiger partial charge < -0.3 is 9.80 Å². The molecule has 35 heavy (non-hydrogen) atoms. The maximum absolute atomic E-state index is 2.60. The van der Waals surface area contributed by atoms with Crippen LogP contribution in [0.5, 0.6) is 0 Å². The van der Waals surface area contributed by atoms with Gasteiger partial charge in [-0.3, -0.25) is 0 Å². The first-order chi connectivity index (χ1) is 16.6. The molecule has 0 radical (unpaired) electrons. The van der Waals surface area contributed by atoms with Gasteiger partial charge in [0.2, 0.25) is 0 Å². The summed E-state index contributed by atoms with van der Waals surface area (Å²) in [5.41, 5.74) is 9.85. The number of benzene rings is 2. The van der Waals surface area contributed by atoms with Crippen LogP contribution in [-0.2, 0) is 10.8 Å². The molecule has 186 valence electrons. The Balaban J connectivity index is 1.59. The summed E-state index contributed by atoms with van der Waals surface area (Å²) in [5, 5.41) is 0. The molecule has 4 rings (SSSR count). The van der Waals surface area contributed by atoms with Gasteiger partial charge in [-0.1, -0.05) is 101 Å². The SMILES string of the molecule is CCCN1/C(=C/C=C/C=C/C2N(CCC)c3ccc(C)cc3C2(C)C)C(C)(C)c2cc(C)ccc21. The summed E-state index contributed by atoms with van der Waals surface area (Å²) in [7, 11) is 0. The summed E-state index contributed by atoms with van der Waals surface area (Å²) in [6, 6.07) is 14.2. The van der Waals surface area contributed by atoms with Gasteiger partial charge in [0.05, 0.1) is 6.04 Å². The Labute approximate surface area is 214 Å². The smallest absolute Gasteiger partial charge is 0.0568 e. The zero-order chi connectivity index (χ0) is 25.4. The number of fused-ring (bicyclic) bond motifs is 2. The molecule has 2 aliphatic heterocycles. The summed E-state index contributed by atoms with van der Waals surface area (Å²) in [5.74, 6) is 0. The van der Waals surface area contributed by atoms with Crippen molar-refractivity contribution < 1.29 is 0 Å². The standard InChI is InChI=1S/C33H44N2/c1-9-20-34-28-18-16-24(3)22-26(28)32(5,6)30(34)14-12-11-13-15-31-33(7,8)27-23-25(4)17-19-29(27)35(31)21-10-2/h11-19,22-23,30H,9-10,20-21H2,1-8H3/b13-11+,14-12+,31-15+. The van der Waals surface area contributed by atoms with Crippen LogP contribution in [0.25, 0.3) is 0 Å². The molecule has 2 nitrogen and oxygen atoms in total. The number of nitrogens with zero attached hydrogens (tertiary/aromatic N) is 2. The predicted octanol–water partition coefficient (Wildman–Crippen LogP) is 8.38. The number of allylic oxidation sites excluding steroid dienone is 5. The number of aryl methyl sites for hydroxylation is 2. The van der Waals surface area contributed by atoms with Crippen molar-refractivity contribution in [3.05, 3.63) is 94.7 Å². The topological polar surface area (TPSA) is 6.48 Å². The highest BCUT2D eigenvalue weighted by atomic mass is 15.2. The molecule has 1 unspecified atom stereocenters. The molecule has 0 N–H and O–H groups in total. The molecule has 2 heteroatoms. The molecule has 0 aromatic heterocycles. The van der Waals surface area contributed by atoms with E-state index >= 15 is 0 Å². The van der Waals surface area contributed by atoms with Crippen LogP contribution in [0.3, 0.4) is 0 Å². The Morgan fingerprint density at radius 2 is 1.40 bits per heavy atom. The van der Waals surface area contributed by atoms with Crippen LogP contribution in [0.2, 0.25) is 0 Å². The van der Waals surface area contributed by atoms with Crippen molar-refractivity contribution in [1.29, 1.82) is 0 Å². The largest absolute Gasteiger partial charge is 0.364 e. The van der Waals surface area contributed by atoms with Gasteiger partial charge in [0, 0.05) is 41.0 Å². The minimum atomic E-state index is 0.00938. The van der Waals surface area contributed by atoms with Crippen molar-refractivity contribution >= 4 is 11.4 Å². The van der Waals surface area contributed by atoms with Gasteiger partial charge in [-0.05, 0) is 56.0 Å². The first-order valence-electron chi connectivity index (χ1n) is 13.4. The molecular formula is C33H44N2. The Morgan fingerprint density at radius 3 is 2.06 bits per heavy atom. The fraction of sp³-hybridized carbons (Fsp3) is 0.455. The van der Waals surface area contributed by atoms with Crippen molar-refractivity contribution in [2.24, 2.45) is 0 Å². The monoisotopic (exact) mass is 468 g/mol. The maximum atomic E-state index is 2.60. The van der Waals surface area contributed by atoms with E-state index in [0.29, 0.717) is 6.04 Å². The minimum Gasteiger partial charge on any atom is -0.364 e. The van der Waals surface area contributed by atoms with Crippen LogP contribution in [0.4, 0.5) is 11.4 Å². The first-order valence-corrected chi connectivity index (χ1v) is 13.4. The van der Waals surface area contributed by atoms with Crippen LogP contribution in [0.15, 0.2) is 72.5 Å². The molecule has 2 aromatic rings. The number of hydrogen-bond donors (Lipinski definition) is 0. The lowest BCUT2D eigenvalue weighted by atomic mass is 9.80. The van der Waals surface area contributed by atoms with Gasteiger partial charge in [0.25, 0.3) is 0 Å². The van der Waals surface area contributed by atoms with Gasteiger partial charge in [0.15, 0.2) is 0 Å². The Hall–Kier alpha value is -2.74. The van der Waals surface area contributed by atoms with E-state index in [4.69, 9.17) is 0 Å². The molecule has 1 atom stereocenters. The predicted molar refractivity (Wildman–Crippen MR) is 154 cm³/mol. The molecule has 0 spiro atoms. The van der Waals surface area contributed by atoms with E-state index in [1.54, 1.807) is 0 Å². The van der Waals surface area contributed by atoms with E-state index in [-0.39, 0.29) is 10.8 Å². The molecule has 0 amide bonds. The summed E-state index contributed by atoms with van der Waals surface area (Å²) in [6.07, 6.45) is 13.7. The Kier molecular flexibility index (Phi) is 7.04. The van der Waals surface area contributed by atoms with Crippen LogP contribution < -0.4 is 9.80 Å². The van der Waals surface area contributed by atoms with Gasteiger partial charge in [0.1, 0.15) is 0 Å². The Morgan fingerprint density at radius 1 is 0.771 bits per heavy atom. The third kappa shape index (κ3) is 4.48.